The molecule has 2 aromatic heterocycles. The van der Waals surface area contributed by atoms with Crippen molar-refractivity contribution < 1.29 is 4.42 Å². The first-order valence-electron chi connectivity index (χ1n) is 7.65. The maximum absolute atomic E-state index is 5.46. The third-order valence-corrected chi connectivity index (χ3v) is 5.37. The quantitative estimate of drug-likeness (QED) is 0.742. The molecule has 3 aromatic rings. The van der Waals surface area contributed by atoms with Gasteiger partial charge in [0.1, 0.15) is 0 Å². The van der Waals surface area contributed by atoms with Crippen molar-refractivity contribution in [2.45, 2.75) is 32.2 Å². The van der Waals surface area contributed by atoms with E-state index in [0.29, 0.717) is 11.8 Å². The van der Waals surface area contributed by atoms with Crippen LogP contribution in [0.2, 0.25) is 0 Å². The molecule has 1 aliphatic heterocycles. The van der Waals surface area contributed by atoms with E-state index < -0.39 is 0 Å². The van der Waals surface area contributed by atoms with E-state index in [0.717, 1.165) is 43.9 Å². The average molecular weight is 314 g/mol. The van der Waals surface area contributed by atoms with Gasteiger partial charge in [-0.1, -0.05) is 12.1 Å². The highest BCUT2D eigenvalue weighted by Crippen LogP contribution is 2.33. The third kappa shape index (κ3) is 2.76. The lowest BCUT2D eigenvalue weighted by atomic mass is 9.97. The van der Waals surface area contributed by atoms with E-state index in [4.69, 9.17) is 9.40 Å². The maximum atomic E-state index is 5.46. The lowest BCUT2D eigenvalue weighted by molar-refractivity contribution is 0.187. The predicted octanol–water partition coefficient (Wildman–Crippen LogP) is 3.37. The Bertz CT molecular complexity index is 740. The molecule has 0 N–H and O–H groups in total. The molecule has 0 saturated carbocycles. The van der Waals surface area contributed by atoms with Gasteiger partial charge in [-0.15, -0.1) is 21.5 Å². The number of hydrogen-bond acceptors (Lipinski definition) is 6. The Morgan fingerprint density at radius 1 is 1.23 bits per heavy atom. The van der Waals surface area contributed by atoms with Crippen molar-refractivity contribution in [3.8, 4) is 0 Å². The minimum atomic E-state index is 0.582. The molecule has 1 aliphatic rings. The first-order chi connectivity index (χ1) is 10.8. The number of hydrogen-bond donors (Lipinski definition) is 0. The summed E-state index contributed by atoms with van der Waals surface area (Å²) in [5, 5.41) is 9.25. The number of aromatic nitrogens is 3. The fraction of sp³-hybridized carbons (Fsp3) is 0.438. The summed E-state index contributed by atoms with van der Waals surface area (Å²) < 4.78 is 6.76. The van der Waals surface area contributed by atoms with Crippen molar-refractivity contribution in [3.05, 3.63) is 41.1 Å². The first-order valence-corrected chi connectivity index (χ1v) is 8.46. The van der Waals surface area contributed by atoms with E-state index in [1.165, 1.54) is 9.71 Å². The van der Waals surface area contributed by atoms with Gasteiger partial charge in [-0.3, -0.25) is 4.90 Å². The van der Waals surface area contributed by atoms with Crippen molar-refractivity contribution >= 4 is 21.6 Å². The van der Waals surface area contributed by atoms with Gasteiger partial charge in [0.2, 0.25) is 11.8 Å². The summed E-state index contributed by atoms with van der Waals surface area (Å²) in [5.41, 5.74) is 1.13. The van der Waals surface area contributed by atoms with Gasteiger partial charge in [0.15, 0.2) is 0 Å². The average Bonchev–Trinajstić information content (AvgIpc) is 3.14. The van der Waals surface area contributed by atoms with Crippen molar-refractivity contribution in [1.82, 2.24) is 20.1 Å². The molecule has 0 unspecified atom stereocenters. The fourth-order valence-electron chi connectivity index (χ4n) is 3.00. The van der Waals surface area contributed by atoms with Crippen LogP contribution in [0.4, 0.5) is 0 Å². The molecule has 0 bridgehead atoms. The summed E-state index contributed by atoms with van der Waals surface area (Å²) in [6.45, 7) is 4.70. The molecule has 6 heteroatoms. The molecule has 114 valence electrons. The number of para-hydroxylation sites is 1. The number of benzene rings is 1. The Labute approximate surface area is 133 Å². The molecular formula is C16H18N4OS. The number of aryl methyl sites for hydroxylation is 1. The molecule has 0 radical (unpaired) electrons. The topological polar surface area (TPSA) is 55.1 Å². The third-order valence-electron chi connectivity index (χ3n) is 4.17. The summed E-state index contributed by atoms with van der Waals surface area (Å²) in [6.07, 6.45) is 2.29. The van der Waals surface area contributed by atoms with Crippen molar-refractivity contribution in [1.29, 1.82) is 0 Å². The van der Waals surface area contributed by atoms with Crippen LogP contribution in [0, 0.1) is 6.92 Å². The largest absolute Gasteiger partial charge is 0.424 e. The normalized spacial score (nSPS) is 17.3. The summed E-state index contributed by atoms with van der Waals surface area (Å²) in [5.74, 6) is 1.94. The lowest BCUT2D eigenvalue weighted by Crippen LogP contribution is -2.32. The van der Waals surface area contributed by atoms with Gasteiger partial charge in [-0.2, -0.15) is 0 Å². The van der Waals surface area contributed by atoms with E-state index in [9.17, 15) is 0 Å². The number of likely N-dealkylation sites (tertiary alicyclic amines) is 1. The second kappa shape index (κ2) is 5.78. The van der Waals surface area contributed by atoms with Crippen molar-refractivity contribution in [3.63, 3.8) is 0 Å². The number of piperidine rings is 1. The monoisotopic (exact) mass is 314 g/mol. The van der Waals surface area contributed by atoms with Gasteiger partial charge in [0, 0.05) is 12.8 Å². The van der Waals surface area contributed by atoms with Crippen LogP contribution in [0.3, 0.4) is 0 Å². The predicted molar refractivity (Wildman–Crippen MR) is 85.9 cm³/mol. The number of fused-ring (bicyclic) bond motifs is 1. The summed E-state index contributed by atoms with van der Waals surface area (Å²) in [6, 6.07) is 8.39. The van der Waals surface area contributed by atoms with Crippen LogP contribution < -0.4 is 0 Å². The molecule has 3 heterocycles. The zero-order valence-corrected chi connectivity index (χ0v) is 13.3. The molecule has 1 saturated heterocycles. The highest BCUT2D eigenvalue weighted by Gasteiger charge is 2.24. The smallest absolute Gasteiger partial charge is 0.230 e. The molecule has 22 heavy (non-hydrogen) atoms. The minimum Gasteiger partial charge on any atom is -0.424 e. The van der Waals surface area contributed by atoms with Crippen molar-refractivity contribution in [2.24, 2.45) is 0 Å². The van der Waals surface area contributed by atoms with Crippen molar-refractivity contribution in [2.75, 3.05) is 13.1 Å². The molecule has 0 amide bonds. The molecule has 4 rings (SSSR count). The fourth-order valence-corrected chi connectivity index (χ4v) is 4.13. The van der Waals surface area contributed by atoms with E-state index in [1.54, 1.807) is 0 Å². The van der Waals surface area contributed by atoms with E-state index in [1.807, 2.05) is 18.3 Å². The van der Waals surface area contributed by atoms with E-state index >= 15 is 0 Å². The van der Waals surface area contributed by atoms with E-state index in [-0.39, 0.29) is 0 Å². The van der Waals surface area contributed by atoms with Crippen LogP contribution >= 0.6 is 11.3 Å². The lowest BCUT2D eigenvalue weighted by Gasteiger charge is -2.29. The Kier molecular flexibility index (Phi) is 3.63. The van der Waals surface area contributed by atoms with Gasteiger partial charge in [0.05, 0.1) is 21.8 Å². The molecular weight excluding hydrogens is 296 g/mol. The zero-order chi connectivity index (χ0) is 14.9. The van der Waals surface area contributed by atoms with Crippen LogP contribution in [0.25, 0.3) is 10.2 Å². The standard InChI is InChI=1S/C16H18N4OS/c1-11-18-19-15(21-11)10-20-8-6-12(7-9-20)16-17-13-4-2-3-5-14(13)22-16/h2-5,12H,6-10H2,1H3. The number of nitrogens with zero attached hydrogens (tertiary/aromatic N) is 4. The molecule has 1 aromatic carbocycles. The Hall–Kier alpha value is -1.79. The Balaban J connectivity index is 1.40. The Morgan fingerprint density at radius 3 is 2.77 bits per heavy atom. The van der Waals surface area contributed by atoms with Gasteiger partial charge in [-0.05, 0) is 38.1 Å². The molecule has 0 spiro atoms. The van der Waals surface area contributed by atoms with Gasteiger partial charge in [0.25, 0.3) is 0 Å². The molecule has 0 atom stereocenters. The SMILES string of the molecule is Cc1nnc(CN2CCC(c3nc4ccccc4s3)CC2)o1. The number of rotatable bonds is 3. The second-order valence-electron chi connectivity index (χ2n) is 5.79. The van der Waals surface area contributed by atoms with E-state index in [2.05, 4.69) is 39.4 Å². The minimum absolute atomic E-state index is 0.582. The molecule has 1 fully saturated rings. The molecule has 0 aliphatic carbocycles. The Morgan fingerprint density at radius 2 is 2.05 bits per heavy atom. The zero-order valence-electron chi connectivity index (χ0n) is 12.5. The first kappa shape index (κ1) is 13.8. The van der Waals surface area contributed by atoms with Crippen LogP contribution in [0.1, 0.15) is 35.5 Å². The second-order valence-corrected chi connectivity index (χ2v) is 6.85. The summed E-state index contributed by atoms with van der Waals surface area (Å²) in [7, 11) is 0. The van der Waals surface area contributed by atoms with Gasteiger partial charge < -0.3 is 4.42 Å². The van der Waals surface area contributed by atoms with Crippen LogP contribution in [-0.4, -0.2) is 33.2 Å². The van der Waals surface area contributed by atoms with Crippen LogP contribution in [-0.2, 0) is 6.54 Å². The van der Waals surface area contributed by atoms with Gasteiger partial charge >= 0.3 is 0 Å². The maximum Gasteiger partial charge on any atom is 0.230 e. The van der Waals surface area contributed by atoms with Gasteiger partial charge in [-0.25, -0.2) is 4.98 Å². The summed E-state index contributed by atoms with van der Waals surface area (Å²) in [4.78, 5) is 7.19. The summed E-state index contributed by atoms with van der Waals surface area (Å²) >= 11 is 1.84. The highest BCUT2D eigenvalue weighted by atomic mass is 32.1. The molecule has 5 nitrogen and oxygen atoms in total. The number of thiazole rings is 1. The van der Waals surface area contributed by atoms with Crippen LogP contribution in [0.15, 0.2) is 28.7 Å². The highest BCUT2D eigenvalue weighted by molar-refractivity contribution is 7.18. The van der Waals surface area contributed by atoms with Crippen LogP contribution in [0.5, 0.6) is 0 Å².